The van der Waals surface area contributed by atoms with Gasteiger partial charge in [0.05, 0.1) is 0 Å². The Hall–Kier alpha value is -1.38. The van der Waals surface area contributed by atoms with E-state index in [-0.39, 0.29) is 25.9 Å². The summed E-state index contributed by atoms with van der Waals surface area (Å²) >= 11 is 0. The van der Waals surface area contributed by atoms with Crippen LogP contribution in [0.3, 0.4) is 0 Å². The third-order valence-electron chi connectivity index (χ3n) is 2.81. The molecule has 1 saturated heterocycles. The fourth-order valence-corrected chi connectivity index (χ4v) is 1.84. The molecule has 0 aromatic rings. The van der Waals surface area contributed by atoms with Crippen LogP contribution in [0.2, 0.25) is 0 Å². The second-order valence-electron chi connectivity index (χ2n) is 5.48. The highest BCUT2D eigenvalue weighted by Gasteiger charge is 2.42. The topological polar surface area (TPSA) is 53.3 Å². The van der Waals surface area contributed by atoms with Crippen molar-refractivity contribution in [2.24, 2.45) is 5.92 Å². The van der Waals surface area contributed by atoms with Crippen LogP contribution in [0.5, 0.6) is 0 Å². The van der Waals surface area contributed by atoms with E-state index in [2.05, 4.69) is 0 Å². The number of hydrogen-bond donors (Lipinski definition) is 0. The van der Waals surface area contributed by atoms with Gasteiger partial charge < -0.3 is 9.64 Å². The summed E-state index contributed by atoms with van der Waals surface area (Å²) in [5.41, 5.74) is -0.593. The van der Waals surface area contributed by atoms with E-state index in [9.17, 15) is 13.6 Å². The zero-order valence-electron chi connectivity index (χ0n) is 10.9. The lowest BCUT2D eigenvalue weighted by atomic mass is 9.91. The van der Waals surface area contributed by atoms with Gasteiger partial charge in [-0.15, -0.1) is 0 Å². The van der Waals surface area contributed by atoms with Gasteiger partial charge in [-0.3, -0.25) is 0 Å². The first-order chi connectivity index (χ1) is 8.15. The lowest BCUT2D eigenvalue weighted by molar-refractivity contribution is -0.0349. The third kappa shape index (κ3) is 3.83. The van der Waals surface area contributed by atoms with Crippen molar-refractivity contribution in [3.63, 3.8) is 0 Å². The molecule has 1 fully saturated rings. The molecule has 0 N–H and O–H groups in total. The molecule has 1 amide bonds. The molecule has 0 aliphatic carbocycles. The zero-order valence-corrected chi connectivity index (χ0v) is 10.9. The molecule has 1 aliphatic heterocycles. The number of nitrogens with zero attached hydrogens (tertiary/aromatic N) is 2. The van der Waals surface area contributed by atoms with Crippen LogP contribution in [-0.4, -0.2) is 35.6 Å². The van der Waals surface area contributed by atoms with Crippen molar-refractivity contribution in [1.82, 2.24) is 4.90 Å². The van der Waals surface area contributed by atoms with Crippen molar-refractivity contribution in [2.45, 2.75) is 45.1 Å². The normalized spacial score (nSPS) is 18.3. The smallest absolute Gasteiger partial charge is 0.410 e. The molecule has 4 nitrogen and oxygen atoms in total. The van der Waals surface area contributed by atoms with Gasteiger partial charge in [0.25, 0.3) is 0 Å². The molecule has 0 atom stereocenters. The molecule has 0 spiro atoms. The van der Waals surface area contributed by atoms with Crippen molar-refractivity contribution >= 4 is 6.09 Å². The van der Waals surface area contributed by atoms with E-state index in [0.717, 1.165) is 6.07 Å². The number of amides is 1. The summed E-state index contributed by atoms with van der Waals surface area (Å²) in [6.07, 6.45) is -0.235. The first-order valence-electron chi connectivity index (χ1n) is 5.93. The average molecular weight is 260 g/mol. The summed E-state index contributed by atoms with van der Waals surface area (Å²) < 4.78 is 31.4. The molecule has 18 heavy (non-hydrogen) atoms. The molecule has 102 valence electrons. The van der Waals surface area contributed by atoms with Crippen molar-refractivity contribution in [3.8, 4) is 6.07 Å². The molecule has 1 heterocycles. The second kappa shape index (κ2) is 5.09. The zero-order chi connectivity index (χ0) is 14.0. The SMILES string of the molecule is CC(C)(C)OC(=O)N1CCC(C(F)(F)C#N)CC1. The molecule has 0 bridgehead atoms. The Morgan fingerprint density at radius 2 is 1.83 bits per heavy atom. The first kappa shape index (κ1) is 14.7. The van der Waals surface area contributed by atoms with Crippen LogP contribution in [0, 0.1) is 17.2 Å². The van der Waals surface area contributed by atoms with Gasteiger partial charge in [0.15, 0.2) is 0 Å². The average Bonchev–Trinajstić information content (AvgIpc) is 2.27. The largest absolute Gasteiger partial charge is 0.444 e. The first-order valence-corrected chi connectivity index (χ1v) is 5.93. The number of ether oxygens (including phenoxy) is 1. The van der Waals surface area contributed by atoms with Gasteiger partial charge in [-0.05, 0) is 33.6 Å². The Balaban J connectivity index is 2.50. The Morgan fingerprint density at radius 1 is 1.33 bits per heavy atom. The maximum atomic E-state index is 13.1. The Morgan fingerprint density at radius 3 is 2.22 bits per heavy atom. The molecule has 0 radical (unpaired) electrons. The van der Waals surface area contributed by atoms with Gasteiger partial charge in [-0.1, -0.05) is 0 Å². The number of likely N-dealkylation sites (tertiary alicyclic amines) is 1. The van der Waals surface area contributed by atoms with E-state index < -0.39 is 23.5 Å². The number of rotatable bonds is 1. The van der Waals surface area contributed by atoms with E-state index in [1.54, 1.807) is 20.8 Å². The summed E-state index contributed by atoms with van der Waals surface area (Å²) in [6.45, 7) is 5.66. The van der Waals surface area contributed by atoms with Gasteiger partial charge in [-0.25, -0.2) is 4.79 Å². The highest BCUT2D eigenvalue weighted by atomic mass is 19.3. The van der Waals surface area contributed by atoms with E-state index >= 15 is 0 Å². The molecule has 0 saturated carbocycles. The fourth-order valence-electron chi connectivity index (χ4n) is 1.84. The Kier molecular flexibility index (Phi) is 4.15. The van der Waals surface area contributed by atoms with Crippen LogP contribution in [0.25, 0.3) is 0 Å². The molecule has 0 aromatic carbocycles. The van der Waals surface area contributed by atoms with Crippen LogP contribution >= 0.6 is 0 Å². The van der Waals surface area contributed by atoms with Gasteiger partial charge in [0, 0.05) is 19.0 Å². The van der Waals surface area contributed by atoms with Gasteiger partial charge in [-0.2, -0.15) is 14.0 Å². The minimum absolute atomic E-state index is 0.125. The van der Waals surface area contributed by atoms with Crippen LogP contribution in [0.4, 0.5) is 13.6 Å². The van der Waals surface area contributed by atoms with Crippen LogP contribution in [-0.2, 0) is 4.74 Å². The maximum absolute atomic E-state index is 13.1. The van der Waals surface area contributed by atoms with Gasteiger partial charge in [0.2, 0.25) is 0 Å². The van der Waals surface area contributed by atoms with Crippen molar-refractivity contribution in [2.75, 3.05) is 13.1 Å². The summed E-state index contributed by atoms with van der Waals surface area (Å²) in [5.74, 6) is -4.28. The minimum Gasteiger partial charge on any atom is -0.444 e. The maximum Gasteiger partial charge on any atom is 0.410 e. The summed E-state index contributed by atoms with van der Waals surface area (Å²) in [4.78, 5) is 13.1. The lowest BCUT2D eigenvalue weighted by Gasteiger charge is -2.34. The minimum atomic E-state index is -3.31. The molecule has 0 unspecified atom stereocenters. The predicted octanol–water partition coefficient (Wildman–Crippen LogP) is 2.79. The Labute approximate surface area is 106 Å². The van der Waals surface area contributed by atoms with Crippen molar-refractivity contribution in [3.05, 3.63) is 0 Å². The lowest BCUT2D eigenvalue weighted by Crippen LogP contribution is -2.44. The van der Waals surface area contributed by atoms with E-state index in [1.807, 2.05) is 0 Å². The monoisotopic (exact) mass is 260 g/mol. The number of alkyl halides is 2. The summed E-state index contributed by atoms with van der Waals surface area (Å²) in [5, 5.41) is 8.37. The van der Waals surface area contributed by atoms with E-state index in [1.165, 1.54) is 4.90 Å². The molecule has 1 aliphatic rings. The van der Waals surface area contributed by atoms with E-state index in [4.69, 9.17) is 10.00 Å². The quantitative estimate of drug-likeness (QED) is 0.728. The number of carbonyl (C=O) groups is 1. The van der Waals surface area contributed by atoms with Crippen molar-refractivity contribution in [1.29, 1.82) is 5.26 Å². The molecular formula is C12H18F2N2O2. The summed E-state index contributed by atoms with van der Waals surface area (Å²) in [6, 6.07) is 1.03. The van der Waals surface area contributed by atoms with Crippen LogP contribution in [0.15, 0.2) is 0 Å². The number of piperidine rings is 1. The number of nitriles is 1. The highest BCUT2D eigenvalue weighted by molar-refractivity contribution is 5.68. The molecule has 1 rings (SSSR count). The molecule has 0 aromatic heterocycles. The summed E-state index contributed by atoms with van der Waals surface area (Å²) in [7, 11) is 0. The second-order valence-corrected chi connectivity index (χ2v) is 5.48. The van der Waals surface area contributed by atoms with Crippen LogP contribution in [0.1, 0.15) is 33.6 Å². The third-order valence-corrected chi connectivity index (χ3v) is 2.81. The fraction of sp³-hybridized carbons (Fsp3) is 0.833. The number of hydrogen-bond acceptors (Lipinski definition) is 3. The molecule has 6 heteroatoms. The standard InChI is InChI=1S/C12H18F2N2O2/c1-11(2,3)18-10(17)16-6-4-9(5-7-16)12(13,14)8-15/h9H,4-7H2,1-3H3. The van der Waals surface area contributed by atoms with Crippen molar-refractivity contribution < 1.29 is 18.3 Å². The highest BCUT2D eigenvalue weighted by Crippen LogP contribution is 2.32. The van der Waals surface area contributed by atoms with Gasteiger partial charge >= 0.3 is 12.0 Å². The number of carbonyl (C=O) groups excluding carboxylic acids is 1. The van der Waals surface area contributed by atoms with Gasteiger partial charge in [0.1, 0.15) is 11.7 Å². The van der Waals surface area contributed by atoms with Crippen LogP contribution < -0.4 is 0 Å². The van der Waals surface area contributed by atoms with E-state index in [0.29, 0.717) is 0 Å². The molecular weight excluding hydrogens is 242 g/mol. The predicted molar refractivity (Wildman–Crippen MR) is 61.1 cm³/mol. The number of halogens is 2. The Bertz CT molecular complexity index is 350.